The van der Waals surface area contributed by atoms with Gasteiger partial charge in [-0.1, -0.05) is 0 Å². The van der Waals surface area contributed by atoms with Gasteiger partial charge in [0.1, 0.15) is 12.2 Å². The molecule has 1 aliphatic heterocycles. The Morgan fingerprint density at radius 1 is 1.05 bits per heavy atom. The van der Waals surface area contributed by atoms with E-state index in [2.05, 4.69) is 15.4 Å². The Hall–Kier alpha value is -3.53. The summed E-state index contributed by atoms with van der Waals surface area (Å²) in [5.41, 5.74) is -0.883. The third-order valence-electron chi connectivity index (χ3n) is 7.86. The van der Waals surface area contributed by atoms with Gasteiger partial charge in [-0.3, -0.25) is 9.59 Å². The van der Waals surface area contributed by atoms with Crippen molar-refractivity contribution in [2.24, 2.45) is 5.41 Å². The van der Waals surface area contributed by atoms with Crippen LogP contribution in [0.4, 0.5) is 23.2 Å². The second-order valence-electron chi connectivity index (χ2n) is 10.1. The number of anilines is 1. The van der Waals surface area contributed by atoms with Crippen molar-refractivity contribution < 1.29 is 41.5 Å². The molecule has 3 saturated carbocycles. The molecule has 2 amide bonds. The predicted octanol–water partition coefficient (Wildman–Crippen LogP) is 3.02. The summed E-state index contributed by atoms with van der Waals surface area (Å²) >= 11 is 0. The minimum atomic E-state index is -5.29. The minimum Gasteiger partial charge on any atom is -0.383 e. The van der Waals surface area contributed by atoms with E-state index < -0.39 is 35.7 Å². The minimum absolute atomic E-state index is 0.00650. The Bertz CT molecular complexity index is 1140. The van der Waals surface area contributed by atoms with Crippen molar-refractivity contribution >= 4 is 29.4 Å². The van der Waals surface area contributed by atoms with E-state index in [1.165, 1.54) is 17.0 Å². The van der Waals surface area contributed by atoms with Crippen molar-refractivity contribution in [1.82, 2.24) is 10.2 Å². The van der Waals surface area contributed by atoms with E-state index in [1.807, 2.05) is 6.07 Å². The van der Waals surface area contributed by atoms with Crippen LogP contribution in [-0.2, 0) is 19.1 Å². The van der Waals surface area contributed by atoms with Gasteiger partial charge in [-0.25, -0.2) is 14.0 Å². The van der Waals surface area contributed by atoms with E-state index >= 15 is 0 Å². The molecule has 204 valence electrons. The van der Waals surface area contributed by atoms with Crippen LogP contribution < -0.4 is 10.6 Å². The fourth-order valence-corrected chi connectivity index (χ4v) is 5.49. The van der Waals surface area contributed by atoms with Gasteiger partial charge in [0.2, 0.25) is 11.8 Å². The summed E-state index contributed by atoms with van der Waals surface area (Å²) in [5.74, 6) is -4.60. The predicted molar refractivity (Wildman–Crippen MR) is 123 cm³/mol. The maximum Gasteiger partial charge on any atom is 0.491 e. The second-order valence-corrected chi connectivity index (χ2v) is 10.1. The molecular formula is C25H26F4N4O5. The zero-order chi connectivity index (χ0) is 27.7. The topological polar surface area (TPSA) is 129 Å². The number of alkyl halides is 4. The number of fused-ring (bicyclic) bond motifs is 3. The van der Waals surface area contributed by atoms with Crippen molar-refractivity contribution in [3.05, 3.63) is 29.8 Å². The highest BCUT2D eigenvalue weighted by molar-refractivity contribution is 5.99. The molecule has 38 heavy (non-hydrogen) atoms. The first-order valence-electron chi connectivity index (χ1n) is 12.2. The van der Waals surface area contributed by atoms with E-state index in [0.717, 1.165) is 12.1 Å². The average molecular weight is 538 g/mol. The number of nitriles is 1. The van der Waals surface area contributed by atoms with Gasteiger partial charge in [-0.2, -0.15) is 18.4 Å². The zero-order valence-corrected chi connectivity index (χ0v) is 20.3. The number of esters is 2. The lowest BCUT2D eigenvalue weighted by atomic mass is 9.57. The van der Waals surface area contributed by atoms with Crippen molar-refractivity contribution in [3.63, 3.8) is 0 Å². The lowest BCUT2D eigenvalue weighted by molar-refractivity contribution is -0.193. The van der Waals surface area contributed by atoms with E-state index in [9.17, 15) is 36.7 Å². The summed E-state index contributed by atoms with van der Waals surface area (Å²) in [4.78, 5) is 49.6. The third-order valence-corrected chi connectivity index (χ3v) is 7.86. The number of hydrogen-bond acceptors (Lipinski definition) is 7. The molecule has 1 aromatic carbocycles. The maximum absolute atomic E-state index is 13.7. The summed E-state index contributed by atoms with van der Waals surface area (Å²) in [7, 11) is 0. The first-order chi connectivity index (χ1) is 17.9. The largest absolute Gasteiger partial charge is 0.491 e. The van der Waals surface area contributed by atoms with Crippen LogP contribution in [0.15, 0.2) is 24.3 Å². The number of nitrogens with zero attached hydrogens (tertiary/aromatic N) is 2. The first kappa shape index (κ1) is 27.5. The molecule has 9 nitrogen and oxygen atoms in total. The van der Waals surface area contributed by atoms with Crippen molar-refractivity contribution in [3.8, 4) is 6.07 Å². The fraction of sp³-hybridized carbons (Fsp3) is 0.560. The number of rotatable bonds is 6. The van der Waals surface area contributed by atoms with Crippen molar-refractivity contribution in [2.45, 2.75) is 68.9 Å². The SMILES string of the molecule is N#C[C@@H]1C[C@H](F)CN1C(=O)CNC12CCC(C(=O)Nc3ccc(C(=O)OC(=O)C(F)(F)F)cc3)(CC1)CC2. The lowest BCUT2D eigenvalue weighted by Crippen LogP contribution is -2.59. The molecule has 4 aliphatic rings. The fourth-order valence-electron chi connectivity index (χ4n) is 5.49. The van der Waals surface area contributed by atoms with Crippen LogP contribution in [-0.4, -0.2) is 65.7 Å². The summed E-state index contributed by atoms with van der Waals surface area (Å²) in [6.07, 6.45) is -2.80. The number of hydrogen-bond donors (Lipinski definition) is 2. The van der Waals surface area contributed by atoms with Crippen LogP contribution in [0.2, 0.25) is 0 Å². The molecule has 2 atom stereocenters. The van der Waals surface area contributed by atoms with Gasteiger partial charge in [0, 0.05) is 23.1 Å². The molecular weight excluding hydrogens is 512 g/mol. The van der Waals surface area contributed by atoms with Crippen LogP contribution in [0.5, 0.6) is 0 Å². The number of carbonyl (C=O) groups excluding carboxylic acids is 4. The molecule has 5 rings (SSSR count). The van der Waals surface area contributed by atoms with E-state index in [-0.39, 0.29) is 42.4 Å². The molecule has 3 aliphatic carbocycles. The van der Waals surface area contributed by atoms with Crippen LogP contribution in [0.3, 0.4) is 0 Å². The highest BCUT2D eigenvalue weighted by Gasteiger charge is 2.52. The molecule has 2 N–H and O–H groups in total. The monoisotopic (exact) mass is 538 g/mol. The molecule has 0 aromatic heterocycles. The Morgan fingerprint density at radius 3 is 2.21 bits per heavy atom. The van der Waals surface area contributed by atoms with Crippen molar-refractivity contribution in [1.29, 1.82) is 5.26 Å². The van der Waals surface area contributed by atoms with Gasteiger partial charge < -0.3 is 20.3 Å². The zero-order valence-electron chi connectivity index (χ0n) is 20.3. The van der Waals surface area contributed by atoms with Gasteiger partial charge in [-0.15, -0.1) is 0 Å². The summed E-state index contributed by atoms with van der Waals surface area (Å²) in [6, 6.07) is 6.18. The molecule has 13 heteroatoms. The van der Waals surface area contributed by atoms with Gasteiger partial charge >= 0.3 is 18.1 Å². The number of amides is 2. The molecule has 0 spiro atoms. The molecule has 4 fully saturated rings. The third kappa shape index (κ3) is 5.65. The normalized spacial score (nSPS) is 28.4. The van der Waals surface area contributed by atoms with Gasteiger partial charge in [0.25, 0.3) is 0 Å². The van der Waals surface area contributed by atoms with Gasteiger partial charge in [0.05, 0.1) is 24.7 Å². The number of likely N-dealkylation sites (tertiary alicyclic amines) is 1. The van der Waals surface area contributed by atoms with Crippen molar-refractivity contribution in [2.75, 3.05) is 18.4 Å². The van der Waals surface area contributed by atoms with Gasteiger partial charge in [-0.05, 0) is 62.8 Å². The maximum atomic E-state index is 13.7. The molecule has 1 aromatic rings. The highest BCUT2D eigenvalue weighted by Crippen LogP contribution is 2.52. The van der Waals surface area contributed by atoms with E-state index in [1.54, 1.807) is 0 Å². The quantitative estimate of drug-likeness (QED) is 0.324. The number of benzene rings is 1. The molecule has 0 unspecified atom stereocenters. The second kappa shape index (κ2) is 10.3. The van der Waals surface area contributed by atoms with Crippen LogP contribution in [0.1, 0.15) is 55.3 Å². The summed E-state index contributed by atoms with van der Waals surface area (Å²) in [5, 5.41) is 15.3. The van der Waals surface area contributed by atoms with Crippen LogP contribution in [0.25, 0.3) is 0 Å². The summed E-state index contributed by atoms with van der Waals surface area (Å²) < 4.78 is 54.3. The molecule has 1 heterocycles. The average Bonchev–Trinajstić information content (AvgIpc) is 3.29. The van der Waals surface area contributed by atoms with Crippen LogP contribution in [0, 0.1) is 16.7 Å². The molecule has 2 bridgehead atoms. The molecule has 1 saturated heterocycles. The number of carbonyl (C=O) groups is 4. The summed E-state index contributed by atoms with van der Waals surface area (Å²) in [6.45, 7) is -0.0870. The standard InChI is InChI=1S/C25H26F4N4O5/c26-16-11-18(12-30)33(14-16)19(34)13-31-24-8-5-23(6-9-24,7-10-24)21(36)32-17-3-1-15(2-4-17)20(35)38-22(37)25(27,28)29/h1-4,16,18,31H,5-11,13-14H2,(H,32,36)/t16-,18-,23?,24?/m0/s1. The van der Waals surface area contributed by atoms with Crippen LogP contribution >= 0.6 is 0 Å². The Balaban J connectivity index is 1.29. The lowest BCUT2D eigenvalue weighted by Gasteiger charge is -2.52. The smallest absolute Gasteiger partial charge is 0.383 e. The molecule has 0 radical (unpaired) electrons. The highest BCUT2D eigenvalue weighted by atomic mass is 19.4. The van der Waals surface area contributed by atoms with Gasteiger partial charge in [0.15, 0.2) is 0 Å². The number of ether oxygens (including phenoxy) is 1. The Morgan fingerprint density at radius 2 is 1.66 bits per heavy atom. The Labute approximate surface area is 215 Å². The Kier molecular flexibility index (Phi) is 7.47. The number of nitrogens with one attached hydrogen (secondary N) is 2. The first-order valence-corrected chi connectivity index (χ1v) is 12.2. The van der Waals surface area contributed by atoms with E-state index in [4.69, 9.17) is 5.26 Å². The number of halogens is 4. The van der Waals surface area contributed by atoms with E-state index in [0.29, 0.717) is 44.2 Å².